The van der Waals surface area contributed by atoms with Gasteiger partial charge in [0.2, 0.25) is 0 Å². The normalized spacial score (nSPS) is 29.8. The van der Waals surface area contributed by atoms with Crippen molar-refractivity contribution in [3.05, 3.63) is 0 Å². The first-order valence-electron chi connectivity index (χ1n) is 6.85. The molecule has 1 aliphatic heterocycles. The number of hydrogen-bond donors (Lipinski definition) is 1. The van der Waals surface area contributed by atoms with Crippen LogP contribution in [0.5, 0.6) is 0 Å². The Labute approximate surface area is 104 Å². The molecule has 0 aromatic heterocycles. The molecule has 2 fully saturated rings. The highest BCUT2D eigenvalue weighted by atomic mass is 16.5. The molecule has 2 unspecified atom stereocenters. The summed E-state index contributed by atoms with van der Waals surface area (Å²) in [7, 11) is 2.14. The number of rotatable bonds is 7. The highest BCUT2D eigenvalue weighted by Gasteiger charge is 2.24. The van der Waals surface area contributed by atoms with E-state index in [4.69, 9.17) is 15.2 Å². The van der Waals surface area contributed by atoms with E-state index in [1.165, 1.54) is 12.8 Å². The molecule has 0 bridgehead atoms. The predicted molar refractivity (Wildman–Crippen MR) is 67.9 cm³/mol. The average Bonchev–Trinajstić information content (AvgIpc) is 3.12. The molecule has 2 rings (SSSR count). The zero-order valence-corrected chi connectivity index (χ0v) is 10.9. The summed E-state index contributed by atoms with van der Waals surface area (Å²) in [5.41, 5.74) is 6.09. The van der Waals surface area contributed by atoms with Crippen molar-refractivity contribution in [2.45, 2.75) is 25.3 Å². The summed E-state index contributed by atoms with van der Waals surface area (Å²) in [4.78, 5) is 2.31. The lowest BCUT2D eigenvalue weighted by molar-refractivity contribution is 0.0243. The zero-order valence-electron chi connectivity index (χ0n) is 10.9. The molecule has 2 aliphatic rings. The summed E-state index contributed by atoms with van der Waals surface area (Å²) in [6.45, 7) is 5.46. The molecule has 4 nitrogen and oxygen atoms in total. The van der Waals surface area contributed by atoms with Crippen LogP contribution in [0.2, 0.25) is 0 Å². The lowest BCUT2D eigenvalue weighted by Gasteiger charge is -2.31. The minimum absolute atomic E-state index is 0.304. The molecule has 17 heavy (non-hydrogen) atoms. The maximum Gasteiger partial charge on any atom is 0.0593 e. The Kier molecular flexibility index (Phi) is 5.22. The highest BCUT2D eigenvalue weighted by molar-refractivity contribution is 4.78. The molecule has 0 radical (unpaired) electrons. The van der Waals surface area contributed by atoms with Gasteiger partial charge >= 0.3 is 0 Å². The van der Waals surface area contributed by atoms with Crippen molar-refractivity contribution in [2.75, 3.05) is 46.6 Å². The Morgan fingerprint density at radius 1 is 1.35 bits per heavy atom. The van der Waals surface area contributed by atoms with Gasteiger partial charge in [0.05, 0.1) is 13.2 Å². The van der Waals surface area contributed by atoms with E-state index in [1.807, 2.05) is 0 Å². The lowest BCUT2D eigenvalue weighted by atomic mass is 9.96. The molecule has 0 aromatic rings. The summed E-state index contributed by atoms with van der Waals surface area (Å²) in [5.74, 6) is 1.35. The standard InChI is InChI=1S/C13H26N2O2/c1-15(5-7-17-9-11-2-3-11)8-12-10-16-6-4-13(12)14/h11-13H,2-10,14H2,1H3. The summed E-state index contributed by atoms with van der Waals surface area (Å²) in [6.07, 6.45) is 3.73. The van der Waals surface area contributed by atoms with Crippen LogP contribution in [0, 0.1) is 11.8 Å². The maximum atomic E-state index is 6.09. The molecule has 1 heterocycles. The van der Waals surface area contributed by atoms with Crippen LogP contribution in [0.25, 0.3) is 0 Å². The second kappa shape index (κ2) is 6.69. The molecule has 0 amide bonds. The van der Waals surface area contributed by atoms with Crippen LogP contribution in [-0.4, -0.2) is 57.5 Å². The van der Waals surface area contributed by atoms with E-state index in [2.05, 4.69) is 11.9 Å². The van der Waals surface area contributed by atoms with Crippen molar-refractivity contribution in [3.8, 4) is 0 Å². The molecule has 1 aliphatic carbocycles. The summed E-state index contributed by atoms with van der Waals surface area (Å²) >= 11 is 0. The van der Waals surface area contributed by atoms with Gasteiger partial charge in [-0.25, -0.2) is 0 Å². The first kappa shape index (κ1) is 13.3. The van der Waals surface area contributed by atoms with Gasteiger partial charge in [-0.2, -0.15) is 0 Å². The third-order valence-corrected chi connectivity index (χ3v) is 3.75. The van der Waals surface area contributed by atoms with E-state index < -0.39 is 0 Å². The minimum atomic E-state index is 0.304. The van der Waals surface area contributed by atoms with Crippen LogP contribution >= 0.6 is 0 Å². The van der Waals surface area contributed by atoms with Crippen LogP contribution in [0.4, 0.5) is 0 Å². The number of likely N-dealkylation sites (N-methyl/N-ethyl adjacent to an activating group) is 1. The van der Waals surface area contributed by atoms with E-state index >= 15 is 0 Å². The molecule has 100 valence electrons. The first-order chi connectivity index (χ1) is 8.25. The summed E-state index contributed by atoms with van der Waals surface area (Å²) in [5, 5.41) is 0. The average molecular weight is 242 g/mol. The molecule has 1 saturated heterocycles. The number of nitrogens with zero attached hydrogens (tertiary/aromatic N) is 1. The Balaban J connectivity index is 1.53. The largest absolute Gasteiger partial charge is 0.381 e. The van der Waals surface area contributed by atoms with Crippen molar-refractivity contribution < 1.29 is 9.47 Å². The first-order valence-corrected chi connectivity index (χ1v) is 6.85. The van der Waals surface area contributed by atoms with Crippen molar-refractivity contribution in [3.63, 3.8) is 0 Å². The van der Waals surface area contributed by atoms with E-state index in [0.717, 1.165) is 51.9 Å². The van der Waals surface area contributed by atoms with Crippen molar-refractivity contribution in [1.29, 1.82) is 0 Å². The van der Waals surface area contributed by atoms with Crippen LogP contribution in [0.1, 0.15) is 19.3 Å². The number of ether oxygens (including phenoxy) is 2. The Morgan fingerprint density at radius 2 is 2.18 bits per heavy atom. The van der Waals surface area contributed by atoms with E-state index in [9.17, 15) is 0 Å². The van der Waals surface area contributed by atoms with Gasteiger partial charge in [-0.05, 0) is 32.2 Å². The SMILES string of the molecule is CN(CCOCC1CC1)CC1COCCC1N. The fourth-order valence-corrected chi connectivity index (χ4v) is 2.25. The fourth-order valence-electron chi connectivity index (χ4n) is 2.25. The number of hydrogen-bond acceptors (Lipinski definition) is 4. The maximum absolute atomic E-state index is 6.09. The van der Waals surface area contributed by atoms with Crippen LogP contribution < -0.4 is 5.73 Å². The Morgan fingerprint density at radius 3 is 2.88 bits per heavy atom. The predicted octanol–water partition coefficient (Wildman–Crippen LogP) is 0.709. The molecular formula is C13H26N2O2. The third kappa shape index (κ3) is 4.92. The van der Waals surface area contributed by atoms with Gasteiger partial charge in [0.25, 0.3) is 0 Å². The van der Waals surface area contributed by atoms with Crippen molar-refractivity contribution >= 4 is 0 Å². The van der Waals surface area contributed by atoms with Gasteiger partial charge in [0.15, 0.2) is 0 Å². The van der Waals surface area contributed by atoms with Gasteiger partial charge in [0.1, 0.15) is 0 Å². The third-order valence-electron chi connectivity index (χ3n) is 3.75. The molecule has 4 heteroatoms. The van der Waals surface area contributed by atoms with Gasteiger partial charge < -0.3 is 20.1 Å². The minimum Gasteiger partial charge on any atom is -0.381 e. The summed E-state index contributed by atoms with van der Waals surface area (Å²) in [6, 6.07) is 0.304. The van der Waals surface area contributed by atoms with Crippen molar-refractivity contribution in [1.82, 2.24) is 4.90 Å². The van der Waals surface area contributed by atoms with E-state index in [1.54, 1.807) is 0 Å². The molecule has 2 atom stereocenters. The van der Waals surface area contributed by atoms with Gasteiger partial charge in [-0.1, -0.05) is 0 Å². The van der Waals surface area contributed by atoms with E-state index in [-0.39, 0.29) is 0 Å². The molecular weight excluding hydrogens is 216 g/mol. The second-order valence-electron chi connectivity index (χ2n) is 5.57. The zero-order chi connectivity index (χ0) is 12.1. The van der Waals surface area contributed by atoms with Crippen LogP contribution in [0.3, 0.4) is 0 Å². The molecule has 1 saturated carbocycles. The Hall–Kier alpha value is -0.160. The monoisotopic (exact) mass is 242 g/mol. The van der Waals surface area contributed by atoms with Gasteiger partial charge in [-0.3, -0.25) is 0 Å². The van der Waals surface area contributed by atoms with Crippen LogP contribution in [0.15, 0.2) is 0 Å². The fraction of sp³-hybridized carbons (Fsp3) is 1.00. The topological polar surface area (TPSA) is 47.7 Å². The lowest BCUT2D eigenvalue weighted by Crippen LogP contribution is -2.44. The van der Waals surface area contributed by atoms with Crippen molar-refractivity contribution in [2.24, 2.45) is 17.6 Å². The van der Waals surface area contributed by atoms with Gasteiger partial charge in [-0.15, -0.1) is 0 Å². The number of nitrogens with two attached hydrogens (primary N) is 1. The molecule has 0 aromatic carbocycles. The van der Waals surface area contributed by atoms with Gasteiger partial charge in [0, 0.05) is 38.3 Å². The quantitative estimate of drug-likeness (QED) is 0.668. The summed E-state index contributed by atoms with van der Waals surface area (Å²) < 4.78 is 11.1. The van der Waals surface area contributed by atoms with E-state index in [0.29, 0.717) is 12.0 Å². The molecule has 0 spiro atoms. The highest BCUT2D eigenvalue weighted by Crippen LogP contribution is 2.28. The molecule has 2 N–H and O–H groups in total. The smallest absolute Gasteiger partial charge is 0.0593 e. The Bertz CT molecular complexity index is 221. The second-order valence-corrected chi connectivity index (χ2v) is 5.57. The van der Waals surface area contributed by atoms with Crippen LogP contribution in [-0.2, 0) is 9.47 Å².